The Labute approximate surface area is 177 Å². The van der Waals surface area contributed by atoms with Crippen molar-refractivity contribution in [3.63, 3.8) is 0 Å². The van der Waals surface area contributed by atoms with E-state index in [0.717, 1.165) is 29.5 Å². The summed E-state index contributed by atoms with van der Waals surface area (Å²) in [5.74, 6) is -0.654. The first kappa shape index (κ1) is 21.7. The lowest BCUT2D eigenvalue weighted by Crippen LogP contribution is -2.43. The van der Waals surface area contributed by atoms with Gasteiger partial charge in [0.2, 0.25) is 17.7 Å². The van der Waals surface area contributed by atoms with E-state index in [1.54, 1.807) is 36.5 Å². The predicted octanol–water partition coefficient (Wildman–Crippen LogP) is 3.24. The van der Waals surface area contributed by atoms with E-state index in [-0.39, 0.29) is 37.1 Å². The van der Waals surface area contributed by atoms with Crippen LogP contribution in [0.1, 0.15) is 49.3 Å². The number of amides is 3. The minimum atomic E-state index is -1.16. The number of aromatic nitrogens is 1. The maximum Gasteiger partial charge on any atom is 0.241 e. The lowest BCUT2D eigenvalue weighted by atomic mass is 9.74. The van der Waals surface area contributed by atoms with Crippen LogP contribution < -0.4 is 0 Å². The van der Waals surface area contributed by atoms with Gasteiger partial charge < -0.3 is 4.90 Å². The summed E-state index contributed by atoms with van der Waals surface area (Å²) in [6.07, 6.45) is 5.17. The molecule has 1 aromatic carbocycles. The zero-order valence-electron chi connectivity index (χ0n) is 17.9. The van der Waals surface area contributed by atoms with Crippen molar-refractivity contribution in [2.24, 2.45) is 0 Å². The molecular weight excluding hydrogens is 378 g/mol. The van der Waals surface area contributed by atoms with Gasteiger partial charge >= 0.3 is 0 Å². The highest BCUT2D eigenvalue weighted by molar-refractivity contribution is 6.10. The van der Waals surface area contributed by atoms with E-state index in [1.807, 2.05) is 31.2 Å². The molecule has 6 heteroatoms. The van der Waals surface area contributed by atoms with Crippen molar-refractivity contribution in [2.45, 2.75) is 51.5 Å². The first-order chi connectivity index (χ1) is 14.4. The van der Waals surface area contributed by atoms with Crippen molar-refractivity contribution in [2.75, 3.05) is 13.6 Å². The second kappa shape index (κ2) is 9.20. The monoisotopic (exact) mass is 407 g/mol. The van der Waals surface area contributed by atoms with Crippen molar-refractivity contribution < 1.29 is 14.4 Å². The maximum absolute atomic E-state index is 13.7. The van der Waals surface area contributed by atoms with Crippen molar-refractivity contribution in [1.82, 2.24) is 14.8 Å². The number of carbonyl (C=O) groups is 3. The van der Waals surface area contributed by atoms with E-state index >= 15 is 0 Å². The highest BCUT2D eigenvalue weighted by Gasteiger charge is 2.54. The van der Waals surface area contributed by atoms with Crippen LogP contribution in [0.2, 0.25) is 0 Å². The number of aryl methyl sites for hydroxylation is 1. The van der Waals surface area contributed by atoms with E-state index in [1.165, 1.54) is 4.90 Å². The van der Waals surface area contributed by atoms with Gasteiger partial charge in [-0.2, -0.15) is 0 Å². The third-order valence-corrected chi connectivity index (χ3v) is 5.89. The third-order valence-electron chi connectivity index (χ3n) is 5.89. The number of nitrogens with zero attached hydrogens (tertiary/aromatic N) is 3. The van der Waals surface area contributed by atoms with Crippen molar-refractivity contribution in [3.8, 4) is 0 Å². The molecule has 1 saturated heterocycles. The second-order valence-electron chi connectivity index (χ2n) is 8.06. The average molecular weight is 408 g/mol. The number of pyridine rings is 1. The minimum Gasteiger partial charge on any atom is -0.346 e. The molecule has 0 radical (unpaired) electrons. The number of hydrogen-bond acceptors (Lipinski definition) is 4. The summed E-state index contributed by atoms with van der Waals surface area (Å²) in [6.45, 7) is 4.82. The Morgan fingerprint density at radius 3 is 2.53 bits per heavy atom. The van der Waals surface area contributed by atoms with Crippen LogP contribution in [-0.2, 0) is 26.3 Å². The van der Waals surface area contributed by atoms with Crippen LogP contribution in [0.3, 0.4) is 0 Å². The molecule has 0 bridgehead atoms. The number of imide groups is 1. The molecule has 3 rings (SSSR count). The van der Waals surface area contributed by atoms with Crippen LogP contribution >= 0.6 is 0 Å². The first-order valence-corrected chi connectivity index (χ1v) is 10.4. The first-order valence-electron chi connectivity index (χ1n) is 10.4. The van der Waals surface area contributed by atoms with Gasteiger partial charge in [0.25, 0.3) is 0 Å². The molecule has 3 amide bonds. The lowest BCUT2D eigenvalue weighted by molar-refractivity contribution is -0.143. The number of unbranched alkanes of at least 4 members (excludes halogenated alkanes) is 1. The van der Waals surface area contributed by atoms with Gasteiger partial charge in [-0.05, 0) is 42.2 Å². The molecular formula is C24H29N3O3. The van der Waals surface area contributed by atoms with Gasteiger partial charge in [-0.15, -0.1) is 0 Å². The highest BCUT2D eigenvalue weighted by Crippen LogP contribution is 2.42. The fraction of sp³-hybridized carbons (Fsp3) is 0.417. The SMILES string of the molecule is CCCCN(C)C(=O)C[C@@]1(c2ccccc2C)CC(=O)N(Cc2ccncc2)C1=O. The molecule has 1 aromatic heterocycles. The molecule has 0 spiro atoms. The number of benzene rings is 1. The molecule has 2 heterocycles. The average Bonchev–Trinajstić information content (AvgIpc) is 2.97. The molecule has 0 aliphatic carbocycles. The van der Waals surface area contributed by atoms with E-state index in [0.29, 0.717) is 6.54 Å². The van der Waals surface area contributed by atoms with Crippen molar-refractivity contribution >= 4 is 17.7 Å². The van der Waals surface area contributed by atoms with Crippen LogP contribution in [0.4, 0.5) is 0 Å². The Balaban J connectivity index is 1.96. The van der Waals surface area contributed by atoms with E-state index < -0.39 is 5.41 Å². The number of likely N-dealkylation sites (tertiary alicyclic amines) is 1. The fourth-order valence-corrected chi connectivity index (χ4v) is 4.10. The Kier molecular flexibility index (Phi) is 6.65. The fourth-order valence-electron chi connectivity index (χ4n) is 4.10. The van der Waals surface area contributed by atoms with E-state index in [2.05, 4.69) is 11.9 Å². The van der Waals surface area contributed by atoms with Crippen LogP contribution in [-0.4, -0.2) is 46.1 Å². The Morgan fingerprint density at radius 2 is 1.87 bits per heavy atom. The molecule has 1 fully saturated rings. The number of rotatable bonds is 8. The molecule has 30 heavy (non-hydrogen) atoms. The number of carbonyl (C=O) groups excluding carboxylic acids is 3. The molecule has 0 N–H and O–H groups in total. The maximum atomic E-state index is 13.7. The van der Waals surface area contributed by atoms with Gasteiger partial charge in [-0.3, -0.25) is 24.3 Å². The van der Waals surface area contributed by atoms with Gasteiger partial charge in [-0.1, -0.05) is 37.6 Å². The molecule has 1 aliphatic rings. The minimum absolute atomic E-state index is 0.00448. The summed E-state index contributed by atoms with van der Waals surface area (Å²) in [7, 11) is 1.76. The largest absolute Gasteiger partial charge is 0.346 e. The molecule has 0 unspecified atom stereocenters. The van der Waals surface area contributed by atoms with E-state index in [9.17, 15) is 14.4 Å². The van der Waals surface area contributed by atoms with Gasteiger partial charge in [0, 0.05) is 38.8 Å². The zero-order valence-corrected chi connectivity index (χ0v) is 17.9. The summed E-state index contributed by atoms with van der Waals surface area (Å²) in [5, 5.41) is 0. The quantitative estimate of drug-likeness (QED) is 0.630. The molecule has 6 nitrogen and oxygen atoms in total. The lowest BCUT2D eigenvalue weighted by Gasteiger charge is -2.30. The van der Waals surface area contributed by atoms with Crippen LogP contribution in [0.5, 0.6) is 0 Å². The van der Waals surface area contributed by atoms with Crippen molar-refractivity contribution in [3.05, 3.63) is 65.5 Å². The topological polar surface area (TPSA) is 70.6 Å². The van der Waals surface area contributed by atoms with Crippen LogP contribution in [0.15, 0.2) is 48.8 Å². The Hall–Kier alpha value is -3.02. The normalized spacial score (nSPS) is 18.7. The molecule has 0 saturated carbocycles. The van der Waals surface area contributed by atoms with Gasteiger partial charge in [-0.25, -0.2) is 0 Å². The highest BCUT2D eigenvalue weighted by atomic mass is 16.2. The van der Waals surface area contributed by atoms with E-state index in [4.69, 9.17) is 0 Å². The molecule has 1 atom stereocenters. The van der Waals surface area contributed by atoms with Crippen LogP contribution in [0, 0.1) is 6.92 Å². The smallest absolute Gasteiger partial charge is 0.241 e. The van der Waals surface area contributed by atoms with Crippen LogP contribution in [0.25, 0.3) is 0 Å². The molecule has 2 aromatic rings. The predicted molar refractivity (Wildman–Crippen MR) is 114 cm³/mol. The van der Waals surface area contributed by atoms with Crippen molar-refractivity contribution in [1.29, 1.82) is 0 Å². The summed E-state index contributed by atoms with van der Waals surface area (Å²) >= 11 is 0. The van der Waals surface area contributed by atoms with Gasteiger partial charge in [0.15, 0.2) is 0 Å². The second-order valence-corrected chi connectivity index (χ2v) is 8.06. The summed E-state index contributed by atoms with van der Waals surface area (Å²) < 4.78 is 0. The Bertz CT molecular complexity index is 928. The summed E-state index contributed by atoms with van der Waals surface area (Å²) in [4.78, 5) is 46.7. The Morgan fingerprint density at radius 1 is 1.17 bits per heavy atom. The van der Waals surface area contributed by atoms with Gasteiger partial charge in [0.1, 0.15) is 0 Å². The number of hydrogen-bond donors (Lipinski definition) is 0. The summed E-state index contributed by atoms with van der Waals surface area (Å²) in [5.41, 5.74) is 1.34. The zero-order chi connectivity index (χ0) is 21.7. The summed E-state index contributed by atoms with van der Waals surface area (Å²) in [6, 6.07) is 11.1. The standard InChI is InChI=1S/C24H29N3O3/c1-4-5-14-26(3)21(28)15-24(20-9-7-6-8-18(20)2)16-22(29)27(23(24)30)17-19-10-12-25-13-11-19/h6-13H,4-5,14-17H2,1-3H3/t24-/m0/s1. The molecule has 1 aliphatic heterocycles. The third kappa shape index (κ3) is 4.27. The molecule has 158 valence electrons. The van der Waals surface area contributed by atoms with Gasteiger partial charge in [0.05, 0.1) is 12.0 Å².